The molecule has 0 bridgehead atoms. The minimum atomic E-state index is -0.962. The monoisotopic (exact) mass is 324 g/mol. The summed E-state index contributed by atoms with van der Waals surface area (Å²) in [5.74, 6) is -0.303. The molecule has 23 heavy (non-hydrogen) atoms. The van der Waals surface area contributed by atoms with E-state index in [2.05, 4.69) is 17.1 Å². The van der Waals surface area contributed by atoms with Gasteiger partial charge in [0.05, 0.1) is 0 Å². The van der Waals surface area contributed by atoms with Crippen LogP contribution in [-0.2, 0) is 7.05 Å². The molecule has 2 aromatic carbocycles. The number of hydrogen-bond acceptors (Lipinski definition) is 3. The van der Waals surface area contributed by atoms with Crippen LogP contribution < -0.4 is 0 Å². The molecule has 0 amide bonds. The Labute approximate surface area is 138 Å². The Morgan fingerprint density at radius 2 is 1.57 bits per heavy atom. The number of aromatic carboxylic acids is 1. The quantitative estimate of drug-likeness (QED) is 0.732. The van der Waals surface area contributed by atoms with Crippen molar-refractivity contribution in [3.05, 3.63) is 60.3 Å². The first-order valence-electron chi connectivity index (χ1n) is 7.11. The zero-order valence-corrected chi connectivity index (χ0v) is 13.7. The zero-order chi connectivity index (χ0) is 16.4. The molecule has 0 aliphatic rings. The number of carboxylic acids is 1. The number of benzene rings is 2. The molecule has 0 unspecified atom stereocenters. The Balaban J connectivity index is 2.02. The lowest BCUT2D eigenvalue weighted by atomic mass is 10.0. The molecule has 5 heteroatoms. The van der Waals surface area contributed by atoms with Crippen molar-refractivity contribution < 1.29 is 9.90 Å². The summed E-state index contributed by atoms with van der Waals surface area (Å²) in [7, 11) is 1.73. The molecule has 0 aliphatic heterocycles. The molecule has 0 aliphatic carbocycles. The molecule has 1 aromatic heterocycles. The van der Waals surface area contributed by atoms with E-state index in [1.165, 1.54) is 11.8 Å². The van der Waals surface area contributed by atoms with Crippen LogP contribution in [-0.4, -0.2) is 26.9 Å². The summed E-state index contributed by atoms with van der Waals surface area (Å²) >= 11 is 1.34. The van der Waals surface area contributed by atoms with Crippen LogP contribution in [0.5, 0.6) is 0 Å². The number of hydrogen-bond donors (Lipinski definition) is 1. The Kier molecular flexibility index (Phi) is 4.21. The van der Waals surface area contributed by atoms with Gasteiger partial charge in [0, 0.05) is 12.6 Å². The number of carboxylic acid groups (broad SMARTS) is 1. The lowest BCUT2D eigenvalue weighted by Gasteiger charge is -2.05. The highest BCUT2D eigenvalue weighted by atomic mass is 32.2. The minimum absolute atomic E-state index is 0.222. The molecule has 116 valence electrons. The third kappa shape index (κ3) is 2.87. The van der Waals surface area contributed by atoms with Gasteiger partial charge in [-0.15, -0.1) is 11.8 Å². The predicted molar refractivity (Wildman–Crippen MR) is 92.8 cm³/mol. The molecule has 0 fully saturated rings. The highest BCUT2D eigenvalue weighted by Gasteiger charge is 2.20. The number of imidazole rings is 1. The van der Waals surface area contributed by atoms with E-state index in [9.17, 15) is 9.90 Å². The fourth-order valence-corrected chi connectivity index (χ4v) is 3.15. The summed E-state index contributed by atoms with van der Waals surface area (Å²) in [6.45, 7) is 0. The second-order valence-electron chi connectivity index (χ2n) is 5.10. The zero-order valence-electron chi connectivity index (χ0n) is 12.9. The Morgan fingerprint density at radius 3 is 2.09 bits per heavy atom. The topological polar surface area (TPSA) is 55.1 Å². The van der Waals surface area contributed by atoms with Crippen LogP contribution in [0.4, 0.5) is 0 Å². The Bertz CT molecular complexity index is 839. The van der Waals surface area contributed by atoms with Crippen molar-refractivity contribution in [3.63, 3.8) is 0 Å². The second kappa shape index (κ2) is 6.30. The molecule has 1 N–H and O–H groups in total. The molecule has 4 nitrogen and oxygen atoms in total. The van der Waals surface area contributed by atoms with Gasteiger partial charge < -0.3 is 9.67 Å². The van der Waals surface area contributed by atoms with Gasteiger partial charge in [0.2, 0.25) is 0 Å². The summed E-state index contributed by atoms with van der Waals surface area (Å²) in [6, 6.07) is 18.1. The number of aromatic nitrogens is 2. The Hall–Kier alpha value is -2.53. The smallest absolute Gasteiger partial charge is 0.355 e. The van der Waals surface area contributed by atoms with Crippen molar-refractivity contribution in [2.75, 3.05) is 6.26 Å². The number of thioether (sulfide) groups is 1. The van der Waals surface area contributed by atoms with Gasteiger partial charge in [-0.25, -0.2) is 9.78 Å². The van der Waals surface area contributed by atoms with E-state index in [1.807, 2.05) is 48.7 Å². The van der Waals surface area contributed by atoms with E-state index in [0.717, 1.165) is 16.7 Å². The van der Waals surface area contributed by atoms with Crippen molar-refractivity contribution >= 4 is 17.7 Å². The van der Waals surface area contributed by atoms with E-state index in [1.54, 1.807) is 11.6 Å². The van der Waals surface area contributed by atoms with E-state index >= 15 is 0 Å². The summed E-state index contributed by atoms with van der Waals surface area (Å²) in [5, 5.41) is 9.89. The first-order chi connectivity index (χ1) is 11.1. The van der Waals surface area contributed by atoms with Gasteiger partial charge in [0.25, 0.3) is 0 Å². The minimum Gasteiger partial charge on any atom is -0.476 e. The van der Waals surface area contributed by atoms with Gasteiger partial charge in [-0.2, -0.15) is 0 Å². The molecule has 1 heterocycles. The van der Waals surface area contributed by atoms with Gasteiger partial charge in [0.15, 0.2) is 5.69 Å². The fraction of sp³-hybridized carbons (Fsp3) is 0.111. The number of carbonyl (C=O) groups is 1. The summed E-state index contributed by atoms with van der Waals surface area (Å²) in [5.41, 5.74) is 3.39. The SMILES string of the molecule is CSc1nc(-c2ccc(-c3ccccc3)cc2)n(C)c1C(=O)O. The van der Waals surface area contributed by atoms with E-state index in [0.29, 0.717) is 10.9 Å². The van der Waals surface area contributed by atoms with Crippen LogP contribution in [0.3, 0.4) is 0 Å². The van der Waals surface area contributed by atoms with Crippen molar-refractivity contribution in [2.24, 2.45) is 7.05 Å². The van der Waals surface area contributed by atoms with Crippen LogP contribution in [0.1, 0.15) is 10.5 Å². The number of nitrogens with zero attached hydrogens (tertiary/aromatic N) is 2. The lowest BCUT2D eigenvalue weighted by Crippen LogP contribution is -2.06. The highest BCUT2D eigenvalue weighted by Crippen LogP contribution is 2.28. The van der Waals surface area contributed by atoms with E-state index < -0.39 is 5.97 Å². The summed E-state index contributed by atoms with van der Waals surface area (Å²) in [4.78, 5) is 15.9. The second-order valence-corrected chi connectivity index (χ2v) is 5.90. The van der Waals surface area contributed by atoms with Gasteiger partial charge in [-0.3, -0.25) is 0 Å². The van der Waals surface area contributed by atoms with Crippen LogP contribution in [0, 0.1) is 0 Å². The fourth-order valence-electron chi connectivity index (χ4n) is 2.55. The van der Waals surface area contributed by atoms with Gasteiger partial charge in [0.1, 0.15) is 10.9 Å². The molecule has 0 saturated carbocycles. The average Bonchev–Trinajstić information content (AvgIpc) is 2.92. The third-order valence-corrected chi connectivity index (χ3v) is 4.38. The normalized spacial score (nSPS) is 10.7. The lowest BCUT2D eigenvalue weighted by molar-refractivity contribution is 0.0682. The van der Waals surface area contributed by atoms with Crippen LogP contribution >= 0.6 is 11.8 Å². The van der Waals surface area contributed by atoms with Gasteiger partial charge >= 0.3 is 5.97 Å². The molecule has 0 spiro atoms. The van der Waals surface area contributed by atoms with Crippen molar-refractivity contribution in [2.45, 2.75) is 5.03 Å². The van der Waals surface area contributed by atoms with E-state index in [-0.39, 0.29) is 5.69 Å². The van der Waals surface area contributed by atoms with Crippen molar-refractivity contribution in [1.29, 1.82) is 0 Å². The highest BCUT2D eigenvalue weighted by molar-refractivity contribution is 7.98. The maximum absolute atomic E-state index is 11.4. The first-order valence-corrected chi connectivity index (χ1v) is 8.34. The van der Waals surface area contributed by atoms with Crippen molar-refractivity contribution in [3.8, 4) is 22.5 Å². The van der Waals surface area contributed by atoms with Crippen LogP contribution in [0.15, 0.2) is 59.6 Å². The maximum Gasteiger partial charge on any atom is 0.355 e. The molecular formula is C18H16N2O2S. The molecule has 0 saturated heterocycles. The van der Waals surface area contributed by atoms with E-state index in [4.69, 9.17) is 0 Å². The number of rotatable bonds is 4. The van der Waals surface area contributed by atoms with Gasteiger partial charge in [-0.1, -0.05) is 54.6 Å². The molecule has 0 atom stereocenters. The Morgan fingerprint density at radius 1 is 1.00 bits per heavy atom. The third-order valence-electron chi connectivity index (χ3n) is 3.71. The molecule has 3 aromatic rings. The molecular weight excluding hydrogens is 308 g/mol. The average molecular weight is 324 g/mol. The molecule has 0 radical (unpaired) electrons. The standard InChI is InChI=1S/C18H16N2O2S/c1-20-15(18(21)22)17(23-2)19-16(20)14-10-8-13(9-11-14)12-6-4-3-5-7-12/h3-11H,1-2H3,(H,21,22). The largest absolute Gasteiger partial charge is 0.476 e. The maximum atomic E-state index is 11.4. The molecule has 3 rings (SSSR count). The van der Waals surface area contributed by atoms with Crippen molar-refractivity contribution in [1.82, 2.24) is 9.55 Å². The summed E-state index contributed by atoms with van der Waals surface area (Å²) in [6.07, 6.45) is 1.83. The van der Waals surface area contributed by atoms with Crippen LogP contribution in [0.2, 0.25) is 0 Å². The summed E-state index contributed by atoms with van der Waals surface area (Å²) < 4.78 is 1.63. The van der Waals surface area contributed by atoms with Crippen LogP contribution in [0.25, 0.3) is 22.5 Å². The van der Waals surface area contributed by atoms with Gasteiger partial charge in [-0.05, 0) is 17.4 Å². The predicted octanol–water partition coefficient (Wildman–Crippen LogP) is 4.17. The first kappa shape index (κ1) is 15.4.